The van der Waals surface area contributed by atoms with Crippen LogP contribution in [0.2, 0.25) is 0 Å². The van der Waals surface area contributed by atoms with Crippen molar-refractivity contribution in [3.05, 3.63) is 33.9 Å². The van der Waals surface area contributed by atoms with Gasteiger partial charge >= 0.3 is 0 Å². The molecule has 0 saturated heterocycles. The first-order valence-electron chi connectivity index (χ1n) is 7.01. The van der Waals surface area contributed by atoms with Crippen molar-refractivity contribution in [1.29, 1.82) is 0 Å². The zero-order valence-corrected chi connectivity index (χ0v) is 13.2. The van der Waals surface area contributed by atoms with Crippen molar-refractivity contribution in [3.8, 4) is 0 Å². The molecule has 1 aromatic rings. The molecule has 1 rings (SSSR count). The lowest BCUT2D eigenvalue weighted by Gasteiger charge is -2.26. The summed E-state index contributed by atoms with van der Waals surface area (Å²) >= 11 is 0. The van der Waals surface area contributed by atoms with E-state index in [4.69, 9.17) is 0 Å². The van der Waals surface area contributed by atoms with E-state index < -0.39 is 4.92 Å². The molecule has 0 spiro atoms. The van der Waals surface area contributed by atoms with Crippen molar-refractivity contribution in [2.24, 2.45) is 5.92 Å². The molecule has 0 saturated carbocycles. The Morgan fingerprint density at radius 2 is 2.00 bits per heavy atom. The zero-order chi connectivity index (χ0) is 16.2. The van der Waals surface area contributed by atoms with Crippen molar-refractivity contribution < 1.29 is 9.72 Å². The van der Waals surface area contributed by atoms with Gasteiger partial charge in [-0.25, -0.2) is 0 Å². The summed E-state index contributed by atoms with van der Waals surface area (Å²) in [5, 5.41) is 13.8. The molecule has 0 heterocycles. The maximum atomic E-state index is 12.4. The van der Waals surface area contributed by atoms with Gasteiger partial charge < -0.3 is 10.2 Å². The van der Waals surface area contributed by atoms with Crippen LogP contribution in [0.4, 0.5) is 11.4 Å². The minimum atomic E-state index is -0.486. The fraction of sp³-hybridized carbons (Fsp3) is 0.533. The zero-order valence-electron chi connectivity index (χ0n) is 13.2. The van der Waals surface area contributed by atoms with Gasteiger partial charge in [-0.3, -0.25) is 14.9 Å². The predicted molar refractivity (Wildman–Crippen MR) is 83.7 cm³/mol. The molecule has 0 aliphatic heterocycles. The summed E-state index contributed by atoms with van der Waals surface area (Å²) in [6.07, 6.45) is 0.888. The quantitative estimate of drug-likeness (QED) is 0.645. The van der Waals surface area contributed by atoms with Gasteiger partial charge in [0.15, 0.2) is 0 Å². The van der Waals surface area contributed by atoms with Gasteiger partial charge in [0.05, 0.1) is 4.92 Å². The van der Waals surface area contributed by atoms with E-state index in [1.54, 1.807) is 31.1 Å². The molecule has 0 radical (unpaired) electrons. The smallest absolute Gasteiger partial charge is 0.293 e. The van der Waals surface area contributed by atoms with Gasteiger partial charge in [-0.15, -0.1) is 0 Å². The summed E-state index contributed by atoms with van der Waals surface area (Å²) in [5.74, 6) is 0.283. The van der Waals surface area contributed by atoms with Crippen molar-refractivity contribution in [2.75, 3.05) is 19.4 Å². The van der Waals surface area contributed by atoms with Crippen LogP contribution >= 0.6 is 0 Å². The second kappa shape index (κ2) is 7.06. The van der Waals surface area contributed by atoms with Crippen LogP contribution in [0.3, 0.4) is 0 Å². The Morgan fingerprint density at radius 3 is 2.48 bits per heavy atom. The Labute approximate surface area is 125 Å². The molecule has 0 aromatic heterocycles. The summed E-state index contributed by atoms with van der Waals surface area (Å²) in [4.78, 5) is 24.6. The lowest BCUT2D eigenvalue weighted by molar-refractivity contribution is -0.384. The van der Waals surface area contributed by atoms with Crippen molar-refractivity contribution in [2.45, 2.75) is 33.2 Å². The molecule has 6 heteroatoms. The van der Waals surface area contributed by atoms with Gasteiger partial charge in [0.1, 0.15) is 5.69 Å². The highest BCUT2D eigenvalue weighted by Gasteiger charge is 2.22. The maximum absolute atomic E-state index is 12.4. The van der Waals surface area contributed by atoms with E-state index >= 15 is 0 Å². The number of anilines is 1. The van der Waals surface area contributed by atoms with Crippen LogP contribution in [0, 0.1) is 16.0 Å². The number of carbonyl (C=O) groups is 1. The molecule has 1 aromatic carbocycles. The van der Waals surface area contributed by atoms with Gasteiger partial charge in [0.2, 0.25) is 0 Å². The number of benzene rings is 1. The Hall–Kier alpha value is -2.11. The highest BCUT2D eigenvalue weighted by atomic mass is 16.6. The fourth-order valence-corrected chi connectivity index (χ4v) is 2.27. The van der Waals surface area contributed by atoms with Crippen LogP contribution < -0.4 is 5.32 Å². The molecule has 0 aliphatic rings. The number of nitro groups is 1. The Balaban J connectivity index is 3.02. The first-order valence-corrected chi connectivity index (χ1v) is 7.01. The molecule has 0 bridgehead atoms. The molecule has 1 unspecified atom stereocenters. The average molecular weight is 293 g/mol. The van der Waals surface area contributed by atoms with E-state index in [0.717, 1.165) is 6.42 Å². The molecule has 0 aliphatic carbocycles. The molecule has 116 valence electrons. The van der Waals surface area contributed by atoms with Crippen molar-refractivity contribution in [3.63, 3.8) is 0 Å². The van der Waals surface area contributed by atoms with E-state index in [-0.39, 0.29) is 17.6 Å². The third-order valence-corrected chi connectivity index (χ3v) is 3.50. The molecule has 0 fully saturated rings. The second-order valence-corrected chi connectivity index (χ2v) is 5.63. The van der Waals surface area contributed by atoms with Crippen LogP contribution in [0.15, 0.2) is 18.2 Å². The van der Waals surface area contributed by atoms with Crippen molar-refractivity contribution >= 4 is 17.3 Å². The predicted octanol–water partition coefficient (Wildman–Crippen LogP) is 3.14. The highest BCUT2D eigenvalue weighted by Crippen LogP contribution is 2.26. The maximum Gasteiger partial charge on any atom is 0.293 e. The SMILES string of the molecule is CNc1ccc(C(=O)N(C)C(C)CC(C)C)cc1[N+](=O)[O-]. The fourth-order valence-electron chi connectivity index (χ4n) is 2.27. The number of hydrogen-bond donors (Lipinski definition) is 1. The summed E-state index contributed by atoms with van der Waals surface area (Å²) in [6.45, 7) is 6.18. The number of nitrogens with one attached hydrogen (secondary N) is 1. The molecule has 1 N–H and O–H groups in total. The van der Waals surface area contributed by atoms with E-state index in [2.05, 4.69) is 19.2 Å². The summed E-state index contributed by atoms with van der Waals surface area (Å²) in [6, 6.07) is 4.58. The first kappa shape index (κ1) is 16.9. The molecule has 21 heavy (non-hydrogen) atoms. The van der Waals surface area contributed by atoms with E-state index in [0.29, 0.717) is 17.2 Å². The second-order valence-electron chi connectivity index (χ2n) is 5.63. The topological polar surface area (TPSA) is 75.5 Å². The lowest BCUT2D eigenvalue weighted by Crippen LogP contribution is -2.35. The Morgan fingerprint density at radius 1 is 1.38 bits per heavy atom. The highest BCUT2D eigenvalue weighted by molar-refractivity contribution is 5.95. The minimum Gasteiger partial charge on any atom is -0.383 e. The lowest BCUT2D eigenvalue weighted by atomic mass is 10.0. The third-order valence-electron chi connectivity index (χ3n) is 3.50. The van der Waals surface area contributed by atoms with Crippen LogP contribution in [0.5, 0.6) is 0 Å². The summed E-state index contributed by atoms with van der Waals surface area (Å²) in [5.41, 5.74) is 0.640. The number of hydrogen-bond acceptors (Lipinski definition) is 4. The summed E-state index contributed by atoms with van der Waals surface area (Å²) in [7, 11) is 3.34. The standard InChI is InChI=1S/C15H23N3O3/c1-10(2)8-11(3)17(5)15(19)12-6-7-13(16-4)14(9-12)18(20)21/h6-7,9-11,16H,8H2,1-5H3. The normalized spacial score (nSPS) is 12.1. The van der Waals surface area contributed by atoms with Crippen LogP contribution in [0.1, 0.15) is 37.6 Å². The largest absolute Gasteiger partial charge is 0.383 e. The van der Waals surface area contributed by atoms with Crippen LogP contribution in [0.25, 0.3) is 0 Å². The van der Waals surface area contributed by atoms with E-state index in [1.807, 2.05) is 6.92 Å². The molecular formula is C15H23N3O3. The molecular weight excluding hydrogens is 270 g/mol. The van der Waals surface area contributed by atoms with Gasteiger partial charge in [-0.05, 0) is 31.4 Å². The van der Waals surface area contributed by atoms with Gasteiger partial charge in [-0.2, -0.15) is 0 Å². The third kappa shape index (κ3) is 4.18. The number of carbonyl (C=O) groups excluding carboxylic acids is 1. The van der Waals surface area contributed by atoms with Crippen LogP contribution in [-0.2, 0) is 0 Å². The number of amides is 1. The van der Waals surface area contributed by atoms with E-state index in [1.165, 1.54) is 6.07 Å². The van der Waals surface area contributed by atoms with Gasteiger partial charge in [-0.1, -0.05) is 13.8 Å². The molecule has 1 atom stereocenters. The number of rotatable bonds is 6. The Kier molecular flexibility index (Phi) is 5.69. The van der Waals surface area contributed by atoms with Gasteiger partial charge in [0, 0.05) is 31.8 Å². The van der Waals surface area contributed by atoms with E-state index in [9.17, 15) is 14.9 Å². The Bertz CT molecular complexity index is 529. The number of nitro benzene ring substituents is 1. The molecule has 1 amide bonds. The van der Waals surface area contributed by atoms with Gasteiger partial charge in [0.25, 0.3) is 11.6 Å². The minimum absolute atomic E-state index is 0.0838. The summed E-state index contributed by atoms with van der Waals surface area (Å²) < 4.78 is 0. The monoisotopic (exact) mass is 293 g/mol. The molecule has 6 nitrogen and oxygen atoms in total. The first-order chi connectivity index (χ1) is 9.77. The average Bonchev–Trinajstić information content (AvgIpc) is 2.44. The number of nitrogens with zero attached hydrogens (tertiary/aromatic N) is 2. The van der Waals surface area contributed by atoms with Crippen LogP contribution in [-0.4, -0.2) is 35.9 Å². The van der Waals surface area contributed by atoms with Crippen molar-refractivity contribution in [1.82, 2.24) is 4.90 Å².